The summed E-state index contributed by atoms with van der Waals surface area (Å²) in [4.78, 5) is 0.0914. The molecule has 0 saturated carbocycles. The average Bonchev–Trinajstić information content (AvgIpc) is 2.29. The monoisotopic (exact) mass is 273 g/mol. The fraction of sp³-hybridized carbons (Fsp3) is 0.500. The van der Waals surface area contributed by atoms with Crippen molar-refractivity contribution in [2.45, 2.75) is 31.8 Å². The lowest BCUT2D eigenvalue weighted by atomic mass is 10.1. The van der Waals surface area contributed by atoms with Crippen LogP contribution in [0.15, 0.2) is 17.0 Å². The van der Waals surface area contributed by atoms with Crippen LogP contribution in [0.3, 0.4) is 0 Å². The van der Waals surface area contributed by atoms with Crippen LogP contribution in [-0.2, 0) is 10.0 Å². The van der Waals surface area contributed by atoms with Crippen LogP contribution in [0.2, 0.25) is 0 Å². The van der Waals surface area contributed by atoms with Gasteiger partial charge in [0.1, 0.15) is 10.6 Å². The average molecular weight is 273 g/mol. The SMILES string of the molecule is COc1cc(C)c(C)cc1S(=O)(=O)NC[C@@H](C)O. The number of methoxy groups -OCH3 is 1. The summed E-state index contributed by atoms with van der Waals surface area (Å²) in [6.07, 6.45) is -0.739. The molecule has 0 aliphatic rings. The summed E-state index contributed by atoms with van der Waals surface area (Å²) >= 11 is 0. The van der Waals surface area contributed by atoms with E-state index in [9.17, 15) is 8.42 Å². The number of aliphatic hydroxyl groups is 1. The van der Waals surface area contributed by atoms with Gasteiger partial charge in [-0.25, -0.2) is 13.1 Å². The lowest BCUT2D eigenvalue weighted by Crippen LogP contribution is -2.31. The van der Waals surface area contributed by atoms with Gasteiger partial charge in [-0.1, -0.05) is 0 Å². The third-order valence-electron chi connectivity index (χ3n) is 2.64. The molecule has 102 valence electrons. The van der Waals surface area contributed by atoms with Crippen molar-refractivity contribution < 1.29 is 18.3 Å². The molecule has 1 aromatic rings. The summed E-state index contributed by atoms with van der Waals surface area (Å²) < 4.78 is 31.6. The van der Waals surface area contributed by atoms with Crippen LogP contribution in [0.4, 0.5) is 0 Å². The van der Waals surface area contributed by atoms with E-state index in [2.05, 4.69) is 4.72 Å². The van der Waals surface area contributed by atoms with E-state index < -0.39 is 16.1 Å². The zero-order valence-electron chi connectivity index (χ0n) is 11.0. The number of sulfonamides is 1. The van der Waals surface area contributed by atoms with Gasteiger partial charge >= 0.3 is 0 Å². The van der Waals surface area contributed by atoms with Crippen molar-refractivity contribution in [2.24, 2.45) is 0 Å². The molecule has 0 radical (unpaired) electrons. The van der Waals surface area contributed by atoms with Crippen molar-refractivity contribution in [3.63, 3.8) is 0 Å². The summed E-state index contributed by atoms with van der Waals surface area (Å²) in [5, 5.41) is 9.13. The van der Waals surface area contributed by atoms with Gasteiger partial charge in [-0.2, -0.15) is 0 Å². The Morgan fingerprint density at radius 2 is 1.89 bits per heavy atom. The molecule has 0 aliphatic carbocycles. The molecule has 0 spiro atoms. The highest BCUT2D eigenvalue weighted by Crippen LogP contribution is 2.27. The molecule has 0 saturated heterocycles. The molecule has 0 fully saturated rings. The molecular formula is C12H19NO4S. The molecule has 0 aliphatic heterocycles. The third kappa shape index (κ3) is 3.44. The number of hydrogen-bond donors (Lipinski definition) is 2. The van der Waals surface area contributed by atoms with Gasteiger partial charge in [0.05, 0.1) is 13.2 Å². The highest BCUT2D eigenvalue weighted by molar-refractivity contribution is 7.89. The van der Waals surface area contributed by atoms with E-state index in [0.29, 0.717) is 5.75 Å². The Kier molecular flexibility index (Phi) is 4.72. The van der Waals surface area contributed by atoms with E-state index >= 15 is 0 Å². The summed E-state index contributed by atoms with van der Waals surface area (Å²) in [6.45, 7) is 5.21. The maximum absolute atomic E-state index is 12.1. The van der Waals surface area contributed by atoms with E-state index in [1.807, 2.05) is 13.8 Å². The zero-order chi connectivity index (χ0) is 13.9. The molecule has 5 nitrogen and oxygen atoms in total. The minimum Gasteiger partial charge on any atom is -0.495 e. The van der Waals surface area contributed by atoms with Crippen LogP contribution >= 0.6 is 0 Å². The van der Waals surface area contributed by atoms with Gasteiger partial charge in [0.25, 0.3) is 0 Å². The molecule has 18 heavy (non-hydrogen) atoms. The van der Waals surface area contributed by atoms with E-state index in [1.165, 1.54) is 14.0 Å². The Morgan fingerprint density at radius 3 is 2.39 bits per heavy atom. The van der Waals surface area contributed by atoms with Gasteiger partial charge in [-0.05, 0) is 44.0 Å². The number of ether oxygens (including phenoxy) is 1. The fourth-order valence-electron chi connectivity index (χ4n) is 1.44. The highest BCUT2D eigenvalue weighted by atomic mass is 32.2. The smallest absolute Gasteiger partial charge is 0.244 e. The van der Waals surface area contributed by atoms with Gasteiger partial charge in [0.15, 0.2) is 0 Å². The Morgan fingerprint density at radius 1 is 1.33 bits per heavy atom. The van der Waals surface area contributed by atoms with Gasteiger partial charge in [0, 0.05) is 6.54 Å². The molecule has 1 aromatic carbocycles. The second-order valence-corrected chi connectivity index (χ2v) is 6.02. The largest absolute Gasteiger partial charge is 0.495 e. The van der Waals surface area contributed by atoms with Crippen LogP contribution < -0.4 is 9.46 Å². The minimum atomic E-state index is -3.67. The maximum Gasteiger partial charge on any atom is 0.244 e. The molecular weight excluding hydrogens is 254 g/mol. The van der Waals surface area contributed by atoms with Gasteiger partial charge in [-0.15, -0.1) is 0 Å². The number of benzene rings is 1. The quantitative estimate of drug-likeness (QED) is 0.838. The van der Waals surface area contributed by atoms with Gasteiger partial charge in [-0.3, -0.25) is 0 Å². The standard InChI is InChI=1S/C12H19NO4S/c1-8-5-11(17-4)12(6-9(8)2)18(15,16)13-7-10(3)14/h5-6,10,13-14H,7H2,1-4H3/t10-/m1/s1. The normalized spacial score (nSPS) is 13.4. The predicted molar refractivity (Wildman–Crippen MR) is 69.3 cm³/mol. The van der Waals surface area contributed by atoms with Gasteiger partial charge in [0.2, 0.25) is 10.0 Å². The third-order valence-corrected chi connectivity index (χ3v) is 4.08. The zero-order valence-corrected chi connectivity index (χ0v) is 11.8. The second-order valence-electron chi connectivity index (χ2n) is 4.29. The van der Waals surface area contributed by atoms with Crippen molar-refractivity contribution in [1.82, 2.24) is 4.72 Å². The first kappa shape index (κ1) is 14.9. The summed E-state index contributed by atoms with van der Waals surface area (Å²) in [7, 11) is -2.24. The first-order chi connectivity index (χ1) is 8.27. The Balaban J connectivity index is 3.19. The van der Waals surface area contributed by atoms with Crippen molar-refractivity contribution in [3.05, 3.63) is 23.3 Å². The Bertz CT molecular complexity index is 523. The number of nitrogens with one attached hydrogen (secondary N) is 1. The molecule has 0 bridgehead atoms. The Labute approximate surface area is 108 Å². The first-order valence-corrected chi connectivity index (χ1v) is 7.09. The van der Waals surface area contributed by atoms with E-state index in [1.54, 1.807) is 12.1 Å². The number of hydrogen-bond acceptors (Lipinski definition) is 4. The predicted octanol–water partition coefficient (Wildman–Crippen LogP) is 0.971. The lowest BCUT2D eigenvalue weighted by Gasteiger charge is -2.13. The molecule has 1 rings (SSSR count). The van der Waals surface area contributed by atoms with E-state index in [-0.39, 0.29) is 11.4 Å². The number of aliphatic hydroxyl groups excluding tert-OH is 1. The summed E-state index contributed by atoms with van der Waals surface area (Å²) in [6, 6.07) is 3.25. The highest BCUT2D eigenvalue weighted by Gasteiger charge is 2.20. The topological polar surface area (TPSA) is 75.6 Å². The molecule has 2 N–H and O–H groups in total. The van der Waals surface area contributed by atoms with Crippen molar-refractivity contribution in [1.29, 1.82) is 0 Å². The Hall–Kier alpha value is -1.11. The van der Waals surface area contributed by atoms with Crippen LogP contribution in [0.5, 0.6) is 5.75 Å². The lowest BCUT2D eigenvalue weighted by molar-refractivity contribution is 0.198. The molecule has 0 heterocycles. The van der Waals surface area contributed by atoms with Crippen molar-refractivity contribution >= 4 is 10.0 Å². The van der Waals surface area contributed by atoms with Crippen LogP contribution in [0.25, 0.3) is 0 Å². The molecule has 0 unspecified atom stereocenters. The molecule has 0 aromatic heterocycles. The number of aryl methyl sites for hydroxylation is 2. The molecule has 6 heteroatoms. The fourth-order valence-corrected chi connectivity index (χ4v) is 2.80. The first-order valence-electron chi connectivity index (χ1n) is 5.61. The van der Waals surface area contributed by atoms with Crippen molar-refractivity contribution in [3.8, 4) is 5.75 Å². The molecule has 0 amide bonds. The summed E-state index contributed by atoms with van der Waals surface area (Å²) in [5.41, 5.74) is 1.83. The van der Waals surface area contributed by atoms with E-state index in [4.69, 9.17) is 9.84 Å². The summed E-state index contributed by atoms with van der Waals surface area (Å²) in [5.74, 6) is 0.302. The van der Waals surface area contributed by atoms with Crippen molar-refractivity contribution in [2.75, 3.05) is 13.7 Å². The minimum absolute atomic E-state index is 0.0294. The maximum atomic E-state index is 12.1. The van der Waals surface area contributed by atoms with Crippen LogP contribution in [0.1, 0.15) is 18.1 Å². The van der Waals surface area contributed by atoms with Crippen LogP contribution in [0, 0.1) is 13.8 Å². The molecule has 1 atom stereocenters. The second kappa shape index (κ2) is 5.69. The van der Waals surface area contributed by atoms with Crippen LogP contribution in [-0.4, -0.2) is 33.3 Å². The van der Waals surface area contributed by atoms with Gasteiger partial charge < -0.3 is 9.84 Å². The van der Waals surface area contributed by atoms with E-state index in [0.717, 1.165) is 11.1 Å². The number of rotatable bonds is 5.